The lowest BCUT2D eigenvalue weighted by Crippen LogP contribution is -2.40. The van der Waals surface area contributed by atoms with E-state index in [-0.39, 0.29) is 5.82 Å². The van der Waals surface area contributed by atoms with Gasteiger partial charge in [-0.05, 0) is 58.0 Å². The molecular formula is C17H27FN2O. The Hall–Kier alpha value is -1.13. The van der Waals surface area contributed by atoms with Gasteiger partial charge in [-0.2, -0.15) is 0 Å². The predicted molar refractivity (Wildman–Crippen MR) is 85.3 cm³/mol. The molecule has 1 aliphatic heterocycles. The maximum atomic E-state index is 13.9. The van der Waals surface area contributed by atoms with Gasteiger partial charge in [0, 0.05) is 30.4 Å². The summed E-state index contributed by atoms with van der Waals surface area (Å²) in [6.45, 7) is 8.72. The van der Waals surface area contributed by atoms with Gasteiger partial charge in [-0.25, -0.2) is 4.39 Å². The van der Waals surface area contributed by atoms with E-state index in [0.29, 0.717) is 17.2 Å². The van der Waals surface area contributed by atoms with E-state index in [4.69, 9.17) is 0 Å². The average Bonchev–Trinajstić information content (AvgIpc) is 2.62. The molecule has 1 aromatic rings. The Morgan fingerprint density at radius 3 is 2.71 bits per heavy atom. The molecule has 0 saturated carbocycles. The molecule has 1 N–H and O–H groups in total. The molecule has 1 fully saturated rings. The number of aliphatic hydroxyl groups excluding tert-OH is 1. The highest BCUT2D eigenvalue weighted by Gasteiger charge is 2.25. The van der Waals surface area contributed by atoms with E-state index in [1.54, 1.807) is 13.8 Å². The van der Waals surface area contributed by atoms with Gasteiger partial charge < -0.3 is 14.9 Å². The second-order valence-corrected chi connectivity index (χ2v) is 6.21. The fourth-order valence-electron chi connectivity index (χ4n) is 3.17. The Morgan fingerprint density at radius 2 is 2.10 bits per heavy atom. The molecule has 21 heavy (non-hydrogen) atoms. The lowest BCUT2D eigenvalue weighted by Gasteiger charge is -2.34. The van der Waals surface area contributed by atoms with E-state index in [9.17, 15) is 9.50 Å². The monoisotopic (exact) mass is 294 g/mol. The van der Waals surface area contributed by atoms with Crippen molar-refractivity contribution in [1.29, 1.82) is 0 Å². The fourth-order valence-corrected chi connectivity index (χ4v) is 3.17. The van der Waals surface area contributed by atoms with Crippen LogP contribution in [0.3, 0.4) is 0 Å². The molecule has 0 amide bonds. The van der Waals surface area contributed by atoms with Crippen molar-refractivity contribution in [1.82, 2.24) is 4.90 Å². The zero-order valence-corrected chi connectivity index (χ0v) is 13.6. The largest absolute Gasteiger partial charge is 0.389 e. The summed E-state index contributed by atoms with van der Waals surface area (Å²) >= 11 is 0. The fraction of sp³-hybridized carbons (Fsp3) is 0.647. The molecule has 0 aliphatic carbocycles. The molecule has 2 rings (SSSR count). The maximum Gasteiger partial charge on any atom is 0.126 e. The van der Waals surface area contributed by atoms with Gasteiger partial charge in [0.05, 0.1) is 6.10 Å². The highest BCUT2D eigenvalue weighted by molar-refractivity contribution is 5.57. The highest BCUT2D eigenvalue weighted by atomic mass is 19.1. The van der Waals surface area contributed by atoms with Crippen LogP contribution in [-0.2, 0) is 0 Å². The van der Waals surface area contributed by atoms with E-state index in [2.05, 4.69) is 23.8 Å². The van der Waals surface area contributed by atoms with Crippen molar-refractivity contribution in [2.45, 2.75) is 45.8 Å². The Morgan fingerprint density at radius 1 is 1.38 bits per heavy atom. The Balaban J connectivity index is 2.44. The van der Waals surface area contributed by atoms with Crippen LogP contribution in [0.2, 0.25) is 0 Å². The Kier molecular flexibility index (Phi) is 5.22. The first kappa shape index (κ1) is 16.2. The van der Waals surface area contributed by atoms with E-state index >= 15 is 0 Å². The third-order valence-corrected chi connectivity index (χ3v) is 4.44. The highest BCUT2D eigenvalue weighted by Crippen LogP contribution is 2.32. The van der Waals surface area contributed by atoms with Crippen LogP contribution in [0.25, 0.3) is 0 Å². The molecule has 0 spiro atoms. The molecule has 0 aromatic heterocycles. The molecular weight excluding hydrogens is 267 g/mol. The standard InChI is InChI=1S/C17H27FN2O/c1-5-14-11-19(4)7-6-8-20(14)17-9-12(2)16(18)10-15(17)13(3)21/h9-10,13-14,21H,5-8,11H2,1-4H3. The minimum atomic E-state index is -0.659. The number of hydrogen-bond donors (Lipinski definition) is 1. The zero-order chi connectivity index (χ0) is 15.6. The molecule has 0 radical (unpaired) electrons. The van der Waals surface area contributed by atoms with Crippen LogP contribution in [-0.4, -0.2) is 42.7 Å². The van der Waals surface area contributed by atoms with Crippen molar-refractivity contribution in [3.63, 3.8) is 0 Å². The number of aryl methyl sites for hydroxylation is 1. The predicted octanol–water partition coefficient (Wildman–Crippen LogP) is 3.11. The second kappa shape index (κ2) is 6.75. The number of rotatable bonds is 3. The van der Waals surface area contributed by atoms with Gasteiger partial charge in [0.2, 0.25) is 0 Å². The number of nitrogens with zero attached hydrogens (tertiary/aromatic N) is 2. The molecule has 1 aliphatic rings. The minimum absolute atomic E-state index is 0.241. The summed E-state index contributed by atoms with van der Waals surface area (Å²) in [6, 6.07) is 3.79. The van der Waals surface area contributed by atoms with Gasteiger partial charge in [-0.1, -0.05) is 6.92 Å². The summed E-state index contributed by atoms with van der Waals surface area (Å²) in [5.41, 5.74) is 2.33. The van der Waals surface area contributed by atoms with Gasteiger partial charge in [0.15, 0.2) is 0 Å². The van der Waals surface area contributed by atoms with Crippen LogP contribution in [0.1, 0.15) is 43.9 Å². The van der Waals surface area contributed by atoms with Crippen LogP contribution in [0.15, 0.2) is 12.1 Å². The van der Waals surface area contributed by atoms with Gasteiger partial charge in [0.25, 0.3) is 0 Å². The lowest BCUT2D eigenvalue weighted by molar-refractivity contribution is 0.199. The molecule has 1 heterocycles. The number of benzene rings is 1. The molecule has 0 bridgehead atoms. The third-order valence-electron chi connectivity index (χ3n) is 4.44. The van der Waals surface area contributed by atoms with Gasteiger partial charge in [0.1, 0.15) is 5.82 Å². The van der Waals surface area contributed by atoms with E-state index in [0.717, 1.165) is 38.2 Å². The van der Waals surface area contributed by atoms with Crippen LogP contribution < -0.4 is 4.90 Å². The van der Waals surface area contributed by atoms with Gasteiger partial charge in [-0.3, -0.25) is 0 Å². The second-order valence-electron chi connectivity index (χ2n) is 6.21. The molecule has 4 heteroatoms. The Bertz CT molecular complexity index is 490. The summed E-state index contributed by atoms with van der Waals surface area (Å²) in [5, 5.41) is 10.0. The number of hydrogen-bond acceptors (Lipinski definition) is 3. The normalized spacial score (nSPS) is 22.2. The van der Waals surface area contributed by atoms with Crippen molar-refractivity contribution in [3.8, 4) is 0 Å². The van der Waals surface area contributed by atoms with Crippen LogP contribution in [0, 0.1) is 12.7 Å². The topological polar surface area (TPSA) is 26.7 Å². The molecule has 2 unspecified atom stereocenters. The van der Waals surface area contributed by atoms with Gasteiger partial charge >= 0.3 is 0 Å². The van der Waals surface area contributed by atoms with Crippen LogP contribution >= 0.6 is 0 Å². The van der Waals surface area contributed by atoms with Crippen molar-refractivity contribution < 1.29 is 9.50 Å². The zero-order valence-electron chi connectivity index (χ0n) is 13.6. The number of aliphatic hydroxyl groups is 1. The maximum absolute atomic E-state index is 13.9. The summed E-state index contributed by atoms with van der Waals surface area (Å²) in [5.74, 6) is -0.241. The summed E-state index contributed by atoms with van der Waals surface area (Å²) in [6.07, 6.45) is 1.47. The van der Waals surface area contributed by atoms with E-state index in [1.165, 1.54) is 6.07 Å². The number of anilines is 1. The number of likely N-dealkylation sites (N-methyl/N-ethyl adjacent to an activating group) is 1. The Labute approximate surface area is 127 Å². The molecule has 3 nitrogen and oxygen atoms in total. The lowest BCUT2D eigenvalue weighted by atomic mass is 10.0. The molecule has 1 aromatic carbocycles. The van der Waals surface area contributed by atoms with Gasteiger partial charge in [-0.15, -0.1) is 0 Å². The molecule has 2 atom stereocenters. The van der Waals surface area contributed by atoms with Crippen LogP contribution in [0.4, 0.5) is 10.1 Å². The summed E-state index contributed by atoms with van der Waals surface area (Å²) < 4.78 is 13.9. The molecule has 1 saturated heterocycles. The summed E-state index contributed by atoms with van der Waals surface area (Å²) in [4.78, 5) is 4.71. The van der Waals surface area contributed by atoms with E-state index < -0.39 is 6.10 Å². The summed E-state index contributed by atoms with van der Waals surface area (Å²) in [7, 11) is 2.15. The SMILES string of the molecule is CCC1CN(C)CCCN1c1cc(C)c(F)cc1C(C)O. The first-order valence-electron chi connectivity index (χ1n) is 7.87. The van der Waals surface area contributed by atoms with Crippen molar-refractivity contribution in [2.24, 2.45) is 0 Å². The average molecular weight is 294 g/mol. The first-order chi connectivity index (χ1) is 9.93. The molecule has 118 valence electrons. The van der Waals surface area contributed by atoms with Crippen molar-refractivity contribution in [2.75, 3.05) is 31.6 Å². The third kappa shape index (κ3) is 3.55. The van der Waals surface area contributed by atoms with E-state index in [1.807, 2.05) is 6.07 Å². The van der Waals surface area contributed by atoms with Crippen LogP contribution in [0.5, 0.6) is 0 Å². The van der Waals surface area contributed by atoms with Crippen molar-refractivity contribution in [3.05, 3.63) is 29.1 Å². The number of halogens is 1. The smallest absolute Gasteiger partial charge is 0.126 e. The minimum Gasteiger partial charge on any atom is -0.389 e. The quantitative estimate of drug-likeness (QED) is 0.928. The first-order valence-corrected chi connectivity index (χ1v) is 7.87. The van der Waals surface area contributed by atoms with Crippen molar-refractivity contribution >= 4 is 5.69 Å².